The zero-order valence-corrected chi connectivity index (χ0v) is 9.70. The summed E-state index contributed by atoms with van der Waals surface area (Å²) in [5.74, 6) is 1.13. The van der Waals surface area contributed by atoms with Crippen LogP contribution in [-0.4, -0.2) is 36.3 Å². The summed E-state index contributed by atoms with van der Waals surface area (Å²) in [7, 11) is 0. The van der Waals surface area contributed by atoms with E-state index in [1.54, 1.807) is 13.8 Å². The highest BCUT2D eigenvalue weighted by atomic mass is 16.1. The molecule has 0 radical (unpaired) electrons. The van der Waals surface area contributed by atoms with E-state index < -0.39 is 0 Å². The highest BCUT2D eigenvalue weighted by molar-refractivity contribution is 5.84. The number of nitrogens with zero attached hydrogens (tertiary/aromatic N) is 2. The van der Waals surface area contributed by atoms with Crippen molar-refractivity contribution in [2.45, 2.75) is 33.1 Å². The molecule has 1 fully saturated rings. The van der Waals surface area contributed by atoms with Crippen LogP contribution in [0, 0.1) is 5.92 Å². The smallest absolute Gasteiger partial charge is 0.219 e. The van der Waals surface area contributed by atoms with Crippen LogP contribution in [-0.2, 0) is 4.79 Å². The van der Waals surface area contributed by atoms with Crippen LogP contribution in [0.25, 0.3) is 0 Å². The Morgan fingerprint density at radius 1 is 1.40 bits per heavy atom. The molecule has 2 heterocycles. The van der Waals surface area contributed by atoms with E-state index in [1.807, 2.05) is 0 Å². The number of carbonyl (C=O) groups excluding carboxylic acids is 1. The molecule has 0 bridgehead atoms. The number of hydrogen-bond donors (Lipinski definition) is 1. The SMILES string of the molecule is C1CN=C2CCCN2C1.CC(C)C(N)=O. The van der Waals surface area contributed by atoms with Gasteiger partial charge in [-0.2, -0.15) is 0 Å². The van der Waals surface area contributed by atoms with Gasteiger partial charge in [0, 0.05) is 32.0 Å². The van der Waals surface area contributed by atoms with E-state index in [-0.39, 0.29) is 11.8 Å². The Labute approximate surface area is 91.5 Å². The molecular weight excluding hydrogens is 190 g/mol. The fraction of sp³-hybridized carbons (Fsp3) is 0.818. The third-order valence-corrected chi connectivity index (χ3v) is 2.64. The van der Waals surface area contributed by atoms with Crippen LogP contribution in [0.15, 0.2) is 4.99 Å². The van der Waals surface area contributed by atoms with Crippen LogP contribution in [0.2, 0.25) is 0 Å². The van der Waals surface area contributed by atoms with E-state index in [2.05, 4.69) is 9.89 Å². The summed E-state index contributed by atoms with van der Waals surface area (Å²) in [6, 6.07) is 0. The molecule has 4 nitrogen and oxygen atoms in total. The van der Waals surface area contributed by atoms with Crippen molar-refractivity contribution in [3.05, 3.63) is 0 Å². The molecule has 0 saturated carbocycles. The largest absolute Gasteiger partial charge is 0.369 e. The summed E-state index contributed by atoms with van der Waals surface area (Å²) in [5, 5.41) is 0. The molecule has 0 aromatic heterocycles. The summed E-state index contributed by atoms with van der Waals surface area (Å²) < 4.78 is 0. The van der Waals surface area contributed by atoms with Crippen LogP contribution in [0.1, 0.15) is 33.1 Å². The van der Waals surface area contributed by atoms with Gasteiger partial charge in [-0.05, 0) is 12.8 Å². The summed E-state index contributed by atoms with van der Waals surface area (Å²) >= 11 is 0. The van der Waals surface area contributed by atoms with Gasteiger partial charge >= 0.3 is 0 Å². The molecule has 1 saturated heterocycles. The third kappa shape index (κ3) is 3.90. The van der Waals surface area contributed by atoms with Crippen molar-refractivity contribution >= 4 is 11.7 Å². The predicted octanol–water partition coefficient (Wildman–Crippen LogP) is 1.01. The second-order valence-electron chi connectivity index (χ2n) is 4.30. The lowest BCUT2D eigenvalue weighted by molar-refractivity contribution is -0.120. The average molecular weight is 211 g/mol. The third-order valence-electron chi connectivity index (χ3n) is 2.64. The Kier molecular flexibility index (Phi) is 4.59. The molecule has 0 atom stereocenters. The van der Waals surface area contributed by atoms with Gasteiger partial charge in [0.15, 0.2) is 0 Å². The van der Waals surface area contributed by atoms with Gasteiger partial charge in [-0.15, -0.1) is 0 Å². The maximum absolute atomic E-state index is 9.92. The zero-order valence-electron chi connectivity index (χ0n) is 9.70. The van der Waals surface area contributed by atoms with Crippen LogP contribution >= 0.6 is 0 Å². The second kappa shape index (κ2) is 5.73. The van der Waals surface area contributed by atoms with Gasteiger partial charge in [-0.1, -0.05) is 13.8 Å². The second-order valence-corrected chi connectivity index (χ2v) is 4.30. The van der Waals surface area contributed by atoms with Crippen molar-refractivity contribution in [3.8, 4) is 0 Å². The van der Waals surface area contributed by atoms with Gasteiger partial charge in [-0.3, -0.25) is 9.79 Å². The van der Waals surface area contributed by atoms with Gasteiger partial charge in [0.1, 0.15) is 0 Å². The minimum atomic E-state index is -0.241. The van der Waals surface area contributed by atoms with E-state index in [4.69, 9.17) is 5.73 Å². The van der Waals surface area contributed by atoms with Crippen molar-refractivity contribution in [2.75, 3.05) is 19.6 Å². The molecule has 4 heteroatoms. The van der Waals surface area contributed by atoms with E-state index in [0.29, 0.717) is 0 Å². The molecule has 2 aliphatic heterocycles. The predicted molar refractivity (Wildman–Crippen MR) is 61.8 cm³/mol. The highest BCUT2D eigenvalue weighted by Gasteiger charge is 2.19. The maximum atomic E-state index is 9.92. The Morgan fingerprint density at radius 2 is 2.00 bits per heavy atom. The number of amides is 1. The van der Waals surface area contributed by atoms with Gasteiger partial charge < -0.3 is 10.6 Å². The standard InChI is InChI=1S/C7H12N2.C4H9NO/c1-3-7-8-4-2-6-9(7)5-1;1-3(2)4(5)6/h1-6H2;3H,1-2H3,(H2,5,6). The number of fused-ring (bicyclic) bond motifs is 1. The molecule has 2 rings (SSSR count). The fourth-order valence-corrected chi connectivity index (χ4v) is 1.60. The van der Waals surface area contributed by atoms with Gasteiger partial charge in [0.2, 0.25) is 5.91 Å². The first-order chi connectivity index (χ1) is 7.11. The first kappa shape index (κ1) is 12.0. The Morgan fingerprint density at radius 3 is 2.53 bits per heavy atom. The van der Waals surface area contributed by atoms with E-state index in [1.165, 1.54) is 38.2 Å². The normalized spacial score (nSPS) is 19.1. The summed E-state index contributed by atoms with van der Waals surface area (Å²) in [5.41, 5.74) is 4.80. The number of carbonyl (C=O) groups is 1. The highest BCUT2D eigenvalue weighted by Crippen LogP contribution is 2.14. The number of amidine groups is 1. The van der Waals surface area contributed by atoms with Gasteiger partial charge in [-0.25, -0.2) is 0 Å². The summed E-state index contributed by atoms with van der Waals surface area (Å²) in [6.45, 7) is 7.13. The summed E-state index contributed by atoms with van der Waals surface area (Å²) in [4.78, 5) is 16.8. The Balaban J connectivity index is 0.000000167. The first-order valence-electron chi connectivity index (χ1n) is 5.69. The van der Waals surface area contributed by atoms with Crippen LogP contribution in [0.5, 0.6) is 0 Å². The first-order valence-corrected chi connectivity index (χ1v) is 5.69. The molecular formula is C11H21N3O. The lowest BCUT2D eigenvalue weighted by Crippen LogP contribution is -2.29. The number of nitrogens with two attached hydrogens (primary N) is 1. The molecule has 0 spiro atoms. The molecule has 0 aromatic carbocycles. The topological polar surface area (TPSA) is 58.7 Å². The number of rotatable bonds is 1. The molecule has 1 amide bonds. The van der Waals surface area contributed by atoms with Gasteiger partial charge in [0.05, 0.1) is 5.84 Å². The minimum Gasteiger partial charge on any atom is -0.369 e. The van der Waals surface area contributed by atoms with E-state index in [0.717, 1.165) is 6.54 Å². The maximum Gasteiger partial charge on any atom is 0.219 e. The summed E-state index contributed by atoms with van der Waals surface area (Å²) in [6.07, 6.45) is 3.84. The zero-order chi connectivity index (χ0) is 11.3. The number of aliphatic imine (C=N–C) groups is 1. The molecule has 2 N–H and O–H groups in total. The van der Waals surface area contributed by atoms with E-state index in [9.17, 15) is 4.79 Å². The van der Waals surface area contributed by atoms with Crippen LogP contribution in [0.4, 0.5) is 0 Å². The van der Waals surface area contributed by atoms with Gasteiger partial charge in [0.25, 0.3) is 0 Å². The molecule has 2 aliphatic rings. The Bertz CT molecular complexity index is 248. The monoisotopic (exact) mass is 211 g/mol. The van der Waals surface area contributed by atoms with Crippen LogP contribution < -0.4 is 5.73 Å². The lowest BCUT2D eigenvalue weighted by atomic mass is 10.2. The molecule has 15 heavy (non-hydrogen) atoms. The molecule has 86 valence electrons. The molecule has 0 aromatic rings. The van der Waals surface area contributed by atoms with Crippen molar-refractivity contribution in [1.29, 1.82) is 0 Å². The van der Waals surface area contributed by atoms with Crippen molar-refractivity contribution in [3.63, 3.8) is 0 Å². The minimum absolute atomic E-state index is 0.00926. The number of primary amides is 1. The Hall–Kier alpha value is -1.06. The van der Waals surface area contributed by atoms with Crippen molar-refractivity contribution in [2.24, 2.45) is 16.6 Å². The van der Waals surface area contributed by atoms with Crippen LogP contribution in [0.3, 0.4) is 0 Å². The van der Waals surface area contributed by atoms with Crippen molar-refractivity contribution in [1.82, 2.24) is 4.90 Å². The average Bonchev–Trinajstić information content (AvgIpc) is 2.66. The quantitative estimate of drug-likeness (QED) is 0.703. The molecule has 0 aliphatic carbocycles. The van der Waals surface area contributed by atoms with E-state index >= 15 is 0 Å². The van der Waals surface area contributed by atoms with Crippen molar-refractivity contribution < 1.29 is 4.79 Å². The molecule has 0 unspecified atom stereocenters. The lowest BCUT2D eigenvalue weighted by Gasteiger charge is -2.21. The number of hydrogen-bond acceptors (Lipinski definition) is 3. The fourth-order valence-electron chi connectivity index (χ4n) is 1.60.